The number of hydrogen-bond donors (Lipinski definition) is 0. The zero-order valence-electron chi connectivity index (χ0n) is 18.2. The van der Waals surface area contributed by atoms with Gasteiger partial charge in [0.1, 0.15) is 17.5 Å². The molecule has 3 aromatic rings. The number of hydrogen-bond acceptors (Lipinski definition) is 4. The largest absolute Gasteiger partial charge is 0.497 e. The molecular weight excluding hydrogens is 406 g/mol. The van der Waals surface area contributed by atoms with Gasteiger partial charge in [0.2, 0.25) is 5.91 Å². The van der Waals surface area contributed by atoms with E-state index in [0.29, 0.717) is 31.6 Å². The zero-order valence-corrected chi connectivity index (χ0v) is 18.2. The Bertz CT molecular complexity index is 1240. The number of aromatic nitrogens is 1. The van der Waals surface area contributed by atoms with Crippen LogP contribution in [0, 0.1) is 0 Å². The minimum absolute atomic E-state index is 0.0627. The quantitative estimate of drug-likeness (QED) is 0.639. The van der Waals surface area contributed by atoms with E-state index in [1.807, 2.05) is 76.0 Å². The molecule has 3 aliphatic rings. The van der Waals surface area contributed by atoms with Crippen molar-refractivity contribution in [2.75, 3.05) is 20.2 Å². The predicted molar refractivity (Wildman–Crippen MR) is 118 cm³/mol. The van der Waals surface area contributed by atoms with Gasteiger partial charge >= 0.3 is 0 Å². The van der Waals surface area contributed by atoms with Crippen LogP contribution in [0.4, 0.5) is 0 Å². The minimum atomic E-state index is -0.721. The summed E-state index contributed by atoms with van der Waals surface area (Å²) < 4.78 is 13.8. The number of nitrogens with zero attached hydrogens (tertiary/aromatic N) is 3. The Balaban J connectivity index is 1.32. The highest BCUT2D eigenvalue weighted by atomic mass is 16.5. The van der Waals surface area contributed by atoms with Crippen LogP contribution in [-0.4, -0.2) is 58.1 Å². The first kappa shape index (κ1) is 19.4. The molecule has 164 valence electrons. The lowest BCUT2D eigenvalue weighted by molar-refractivity contribution is -0.138. The first-order valence-electron chi connectivity index (χ1n) is 11.0. The molecule has 2 amide bonds. The van der Waals surface area contributed by atoms with Crippen LogP contribution < -0.4 is 4.74 Å². The predicted octanol–water partition coefficient (Wildman–Crippen LogP) is 3.10. The van der Waals surface area contributed by atoms with Gasteiger partial charge in [0, 0.05) is 30.9 Å². The number of aryl methyl sites for hydroxylation is 1. The first-order valence-corrected chi connectivity index (χ1v) is 11.0. The maximum atomic E-state index is 13.7. The lowest BCUT2D eigenvalue weighted by Gasteiger charge is -2.32. The average molecular weight is 431 g/mol. The van der Waals surface area contributed by atoms with Gasteiger partial charge in [-0.3, -0.25) is 9.59 Å². The fourth-order valence-corrected chi connectivity index (χ4v) is 5.72. The Kier molecular flexibility index (Phi) is 4.14. The van der Waals surface area contributed by atoms with E-state index in [1.165, 1.54) is 0 Å². The fourth-order valence-electron chi connectivity index (χ4n) is 5.72. The lowest BCUT2D eigenvalue weighted by atomic mass is 10.1. The second-order valence-corrected chi connectivity index (χ2v) is 8.85. The standard InChI is InChI=1S/C25H25N3O4/c1-26-19-9-8-18(31-2)12-17(19)13-20(26)24(30)27-11-10-25-22(27)14-23(29)28(25)15-21(32-25)16-6-4-3-5-7-16/h3-9,12-13,21-22H,10-11,14-15H2,1-2H3/t21-,22-,25+/m1/s1. The number of fused-ring (bicyclic) bond motifs is 1. The second-order valence-electron chi connectivity index (χ2n) is 8.85. The third-order valence-electron chi connectivity index (χ3n) is 7.33. The number of likely N-dealkylation sites (tertiary alicyclic amines) is 1. The molecule has 3 aliphatic heterocycles. The van der Waals surface area contributed by atoms with Crippen molar-refractivity contribution in [3.63, 3.8) is 0 Å². The molecule has 32 heavy (non-hydrogen) atoms. The van der Waals surface area contributed by atoms with Crippen LogP contribution in [0.15, 0.2) is 54.6 Å². The van der Waals surface area contributed by atoms with Crippen LogP contribution in [-0.2, 0) is 16.6 Å². The molecule has 0 bridgehead atoms. The van der Waals surface area contributed by atoms with E-state index in [-0.39, 0.29) is 24.0 Å². The van der Waals surface area contributed by atoms with E-state index >= 15 is 0 Å². The summed E-state index contributed by atoms with van der Waals surface area (Å²) in [4.78, 5) is 30.3. The van der Waals surface area contributed by atoms with Crippen LogP contribution in [0.2, 0.25) is 0 Å². The van der Waals surface area contributed by atoms with Crippen LogP contribution in [0.3, 0.4) is 0 Å². The van der Waals surface area contributed by atoms with Crippen LogP contribution in [0.25, 0.3) is 10.9 Å². The molecule has 1 aromatic heterocycles. The summed E-state index contributed by atoms with van der Waals surface area (Å²) in [6.07, 6.45) is 0.782. The van der Waals surface area contributed by atoms with E-state index in [4.69, 9.17) is 9.47 Å². The van der Waals surface area contributed by atoms with Gasteiger partial charge in [-0.2, -0.15) is 0 Å². The number of rotatable bonds is 3. The Morgan fingerprint density at radius 1 is 1.16 bits per heavy atom. The lowest BCUT2D eigenvalue weighted by Crippen LogP contribution is -2.49. The van der Waals surface area contributed by atoms with Crippen LogP contribution >= 0.6 is 0 Å². The van der Waals surface area contributed by atoms with Crippen molar-refractivity contribution in [2.45, 2.75) is 30.7 Å². The van der Waals surface area contributed by atoms with Crippen LogP contribution in [0.1, 0.15) is 35.0 Å². The topological polar surface area (TPSA) is 64.0 Å². The first-order chi connectivity index (χ1) is 15.5. The molecule has 0 N–H and O–H groups in total. The van der Waals surface area contributed by atoms with Gasteiger partial charge in [0.15, 0.2) is 5.72 Å². The molecule has 1 spiro atoms. The number of carbonyl (C=O) groups is 2. The van der Waals surface area contributed by atoms with Crippen molar-refractivity contribution >= 4 is 22.7 Å². The number of methoxy groups -OCH3 is 1. The van der Waals surface area contributed by atoms with E-state index in [2.05, 4.69) is 0 Å². The van der Waals surface area contributed by atoms with Gasteiger partial charge < -0.3 is 23.8 Å². The summed E-state index contributed by atoms with van der Waals surface area (Å²) in [6, 6.07) is 17.4. The summed E-state index contributed by atoms with van der Waals surface area (Å²) in [5.74, 6) is 0.754. The number of ether oxygens (including phenoxy) is 2. The monoisotopic (exact) mass is 431 g/mol. The zero-order chi connectivity index (χ0) is 22.0. The van der Waals surface area contributed by atoms with Crippen molar-refractivity contribution in [3.05, 3.63) is 65.9 Å². The third-order valence-corrected chi connectivity index (χ3v) is 7.33. The molecule has 0 radical (unpaired) electrons. The Morgan fingerprint density at radius 2 is 1.97 bits per heavy atom. The highest BCUT2D eigenvalue weighted by Crippen LogP contribution is 2.51. The van der Waals surface area contributed by atoms with Crippen molar-refractivity contribution in [2.24, 2.45) is 7.05 Å². The Morgan fingerprint density at radius 3 is 2.75 bits per heavy atom. The number of carbonyl (C=O) groups excluding carboxylic acids is 2. The van der Waals surface area contributed by atoms with Gasteiger partial charge in [-0.1, -0.05) is 30.3 Å². The molecular formula is C25H25N3O4. The van der Waals surface area contributed by atoms with Gasteiger partial charge in [0.05, 0.1) is 26.1 Å². The highest BCUT2D eigenvalue weighted by Gasteiger charge is 2.65. The van der Waals surface area contributed by atoms with E-state index in [9.17, 15) is 9.59 Å². The molecule has 3 atom stereocenters. The third kappa shape index (κ3) is 2.57. The molecule has 2 aromatic carbocycles. The molecule has 4 heterocycles. The van der Waals surface area contributed by atoms with Gasteiger partial charge in [-0.05, 0) is 29.8 Å². The minimum Gasteiger partial charge on any atom is -0.497 e. The Hall–Kier alpha value is -3.32. The van der Waals surface area contributed by atoms with Gasteiger partial charge in [-0.25, -0.2) is 0 Å². The molecule has 0 aliphatic carbocycles. The fraction of sp³-hybridized carbons (Fsp3) is 0.360. The second kappa shape index (κ2) is 6.84. The average Bonchev–Trinajstić information content (AvgIpc) is 3.53. The van der Waals surface area contributed by atoms with Crippen molar-refractivity contribution in [1.82, 2.24) is 14.4 Å². The molecule has 0 saturated carbocycles. The van der Waals surface area contributed by atoms with Crippen LogP contribution in [0.5, 0.6) is 5.75 Å². The van der Waals surface area contributed by atoms with Crippen molar-refractivity contribution < 1.29 is 19.1 Å². The molecule has 6 rings (SSSR count). The Labute approximate surface area is 186 Å². The van der Waals surface area contributed by atoms with Crippen molar-refractivity contribution in [3.8, 4) is 5.75 Å². The molecule has 3 fully saturated rings. The molecule has 0 unspecified atom stereocenters. The van der Waals surface area contributed by atoms with Gasteiger partial charge in [0.25, 0.3) is 5.91 Å². The van der Waals surface area contributed by atoms with E-state index < -0.39 is 5.72 Å². The molecule has 7 nitrogen and oxygen atoms in total. The van der Waals surface area contributed by atoms with E-state index in [1.54, 1.807) is 7.11 Å². The summed E-state index contributed by atoms with van der Waals surface area (Å²) in [6.45, 7) is 1.11. The molecule has 7 heteroatoms. The maximum absolute atomic E-state index is 13.7. The van der Waals surface area contributed by atoms with Crippen molar-refractivity contribution in [1.29, 1.82) is 0 Å². The highest BCUT2D eigenvalue weighted by molar-refractivity contribution is 6.00. The summed E-state index contributed by atoms with van der Waals surface area (Å²) in [5.41, 5.74) is 1.92. The summed E-state index contributed by atoms with van der Waals surface area (Å²) >= 11 is 0. The summed E-state index contributed by atoms with van der Waals surface area (Å²) in [5, 5.41) is 0.953. The number of benzene rings is 2. The molecule has 3 saturated heterocycles. The normalized spacial score (nSPS) is 26.6. The number of amides is 2. The van der Waals surface area contributed by atoms with Gasteiger partial charge in [-0.15, -0.1) is 0 Å². The maximum Gasteiger partial charge on any atom is 0.270 e. The smallest absolute Gasteiger partial charge is 0.270 e. The van der Waals surface area contributed by atoms with E-state index in [0.717, 1.165) is 22.2 Å². The SMILES string of the molecule is COc1ccc2c(c1)cc(C(=O)N1CC[C@@]34O[C@@H](c5ccccc5)CN3C(=O)C[C@@H]14)n2C. The summed E-state index contributed by atoms with van der Waals surface area (Å²) in [7, 11) is 3.53.